The van der Waals surface area contributed by atoms with Crippen LogP contribution in [0.25, 0.3) is 0 Å². The molecule has 0 aliphatic carbocycles. The average Bonchev–Trinajstić information content (AvgIpc) is 2.89. The lowest BCUT2D eigenvalue weighted by atomic mass is 10.0. The zero-order valence-corrected chi connectivity index (χ0v) is 21.0. The number of hydrogen-bond donors (Lipinski definition) is 13. The van der Waals surface area contributed by atoms with Crippen molar-refractivity contribution in [1.82, 2.24) is 0 Å². The Morgan fingerprint density at radius 2 is 0.865 bits per heavy atom. The number of unbranched alkanes of at least 4 members (excludes halogenated alkanes) is 6. The molecule has 8 atom stereocenters. The third kappa shape index (κ3) is 21.2. The highest BCUT2D eigenvalue weighted by molar-refractivity contribution is 5.72. The van der Waals surface area contributed by atoms with Gasteiger partial charge in [-0.3, -0.25) is 4.79 Å². The Morgan fingerprint density at radius 1 is 0.541 bits per heavy atom. The monoisotopic (exact) mass is 550 g/mol. The van der Waals surface area contributed by atoms with Crippen LogP contribution in [-0.2, 0) is 9.59 Å². The lowest BCUT2D eigenvalue weighted by molar-refractivity contribution is -0.164. The molecule has 0 aliphatic heterocycles. The van der Waals surface area contributed by atoms with E-state index in [4.69, 9.17) is 66.4 Å². The Hall–Kier alpha value is -1.50. The van der Waals surface area contributed by atoms with Crippen molar-refractivity contribution in [3.05, 3.63) is 0 Å². The summed E-state index contributed by atoms with van der Waals surface area (Å²) in [5.74, 6) is -2.39. The van der Waals surface area contributed by atoms with Crippen molar-refractivity contribution in [2.75, 3.05) is 19.8 Å². The van der Waals surface area contributed by atoms with Crippen molar-refractivity contribution in [1.29, 1.82) is 0 Å². The summed E-state index contributed by atoms with van der Waals surface area (Å²) in [6.07, 6.45) is -5.59. The number of rotatable bonds is 18. The first kappa shape index (κ1) is 40.0. The van der Waals surface area contributed by atoms with Crippen LogP contribution >= 0.6 is 0 Å². The Morgan fingerprint density at radius 3 is 1.16 bits per heavy atom. The molecule has 0 aromatic rings. The summed E-state index contributed by atoms with van der Waals surface area (Å²) in [5.41, 5.74) is 0. The first-order valence-corrected chi connectivity index (χ1v) is 11.9. The summed E-state index contributed by atoms with van der Waals surface area (Å²) in [5, 5.41) is 112. The van der Waals surface area contributed by atoms with Gasteiger partial charge in [0.1, 0.15) is 42.7 Å². The van der Waals surface area contributed by atoms with Crippen LogP contribution < -0.4 is 0 Å². The van der Waals surface area contributed by atoms with Crippen molar-refractivity contribution in [3.63, 3.8) is 0 Å². The molecule has 224 valence electrons. The molecule has 0 aromatic carbocycles. The molecule has 0 rings (SSSR count). The second-order valence-corrected chi connectivity index (χ2v) is 8.26. The summed E-state index contributed by atoms with van der Waals surface area (Å²) in [6, 6.07) is 0. The predicted molar refractivity (Wildman–Crippen MR) is 127 cm³/mol. The van der Waals surface area contributed by atoms with E-state index >= 15 is 0 Å². The molecule has 0 aliphatic rings. The average molecular weight is 551 g/mol. The second-order valence-electron chi connectivity index (χ2n) is 8.26. The van der Waals surface area contributed by atoms with Gasteiger partial charge < -0.3 is 66.4 Å². The van der Waals surface area contributed by atoms with Crippen LogP contribution in [0.3, 0.4) is 0 Å². The van der Waals surface area contributed by atoms with Gasteiger partial charge >= 0.3 is 11.9 Å². The molecular weight excluding hydrogens is 504 g/mol. The second kappa shape index (κ2) is 24.8. The molecule has 0 fully saturated rings. The minimum absolute atomic E-state index is 0.341. The van der Waals surface area contributed by atoms with Gasteiger partial charge in [0.25, 0.3) is 0 Å². The maximum absolute atomic E-state index is 10.1. The summed E-state index contributed by atoms with van der Waals surface area (Å²) in [6.45, 7) is -0.0955. The highest BCUT2D eigenvalue weighted by atomic mass is 16.4. The molecule has 0 saturated carbocycles. The minimum atomic E-state index is -2.20. The van der Waals surface area contributed by atoms with E-state index in [9.17, 15) is 9.59 Å². The van der Waals surface area contributed by atoms with Crippen molar-refractivity contribution in [2.45, 2.75) is 107 Å². The standard InChI is InChI=1S/C10H20O2.C6H12O7.C6H14O6/c1-2-3-4-5-6-7-8-9-10(11)12;7-1-2(8)3(9)4(10)5(11)6(12)13;7-1-3(9)5(11)6(12)4(10)2-8/h2-9H2,1H3,(H,11,12);2-5,7-11H,1H2,(H,12,13);3-12H,1-2H2. The van der Waals surface area contributed by atoms with Crippen LogP contribution in [0.2, 0.25) is 0 Å². The predicted octanol–water partition coefficient (Wildman–Crippen LogP) is -3.87. The number of carboxylic acid groups (broad SMARTS) is 2. The molecule has 15 nitrogen and oxygen atoms in total. The largest absolute Gasteiger partial charge is 0.481 e. The Kier molecular flexibility index (Phi) is 26.8. The van der Waals surface area contributed by atoms with Crippen LogP contribution in [0, 0.1) is 0 Å². The van der Waals surface area contributed by atoms with Gasteiger partial charge in [-0.1, -0.05) is 45.4 Å². The van der Waals surface area contributed by atoms with Crippen LogP contribution in [-0.4, -0.2) is 147 Å². The molecule has 0 amide bonds. The fraction of sp³-hybridized carbons (Fsp3) is 0.909. The van der Waals surface area contributed by atoms with Crippen molar-refractivity contribution in [3.8, 4) is 0 Å². The van der Waals surface area contributed by atoms with Gasteiger partial charge in [0, 0.05) is 6.42 Å². The van der Waals surface area contributed by atoms with Gasteiger partial charge in [0.15, 0.2) is 6.10 Å². The lowest BCUT2D eigenvalue weighted by Gasteiger charge is -2.24. The van der Waals surface area contributed by atoms with Crippen molar-refractivity contribution in [2.24, 2.45) is 0 Å². The normalized spacial score (nSPS) is 17.4. The first-order valence-electron chi connectivity index (χ1n) is 11.9. The molecule has 13 N–H and O–H groups in total. The smallest absolute Gasteiger partial charge is 0.335 e. The van der Waals surface area contributed by atoms with Gasteiger partial charge in [-0.15, -0.1) is 0 Å². The molecule has 0 bridgehead atoms. The zero-order valence-electron chi connectivity index (χ0n) is 21.0. The van der Waals surface area contributed by atoms with Crippen LogP contribution in [0.15, 0.2) is 0 Å². The Bertz CT molecular complexity index is 536. The molecule has 0 saturated heterocycles. The van der Waals surface area contributed by atoms with E-state index < -0.39 is 80.6 Å². The van der Waals surface area contributed by atoms with Crippen LogP contribution in [0.4, 0.5) is 0 Å². The molecule has 0 spiro atoms. The molecule has 15 heteroatoms. The number of aliphatic carboxylic acids is 2. The summed E-state index contributed by atoms with van der Waals surface area (Å²) < 4.78 is 0. The summed E-state index contributed by atoms with van der Waals surface area (Å²) in [7, 11) is 0. The SMILES string of the molecule is CCCCCCCCCC(=O)O.O=C(O)C(O)C(O)C(O)C(O)CO.OCC(O)C(O)C(O)C(O)CO. The van der Waals surface area contributed by atoms with E-state index in [1.807, 2.05) is 0 Å². The maximum Gasteiger partial charge on any atom is 0.335 e. The first-order chi connectivity index (χ1) is 17.2. The van der Waals surface area contributed by atoms with E-state index in [1.165, 1.54) is 32.1 Å². The quantitative estimate of drug-likeness (QED) is 0.0726. The summed E-state index contributed by atoms with van der Waals surface area (Å²) >= 11 is 0. The highest BCUT2D eigenvalue weighted by Crippen LogP contribution is 2.08. The van der Waals surface area contributed by atoms with Crippen molar-refractivity contribution < 1.29 is 76.0 Å². The van der Waals surface area contributed by atoms with E-state index in [1.54, 1.807) is 0 Å². The van der Waals surface area contributed by atoms with Crippen molar-refractivity contribution >= 4 is 11.9 Å². The van der Waals surface area contributed by atoms with Gasteiger partial charge in [0.2, 0.25) is 0 Å². The molecule has 0 heterocycles. The minimum Gasteiger partial charge on any atom is -0.481 e. The molecule has 8 unspecified atom stereocenters. The zero-order chi connectivity index (χ0) is 29.6. The number of carbonyl (C=O) groups is 2. The molecule has 0 aromatic heterocycles. The van der Waals surface area contributed by atoms with Gasteiger partial charge in [-0.2, -0.15) is 0 Å². The molecule has 0 radical (unpaired) electrons. The van der Waals surface area contributed by atoms with Crippen LogP contribution in [0.1, 0.15) is 58.3 Å². The number of aliphatic hydroxyl groups is 11. The third-order valence-corrected chi connectivity index (χ3v) is 5.01. The van der Waals surface area contributed by atoms with E-state index in [0.29, 0.717) is 6.42 Å². The Labute approximate surface area is 215 Å². The fourth-order valence-electron chi connectivity index (χ4n) is 2.57. The van der Waals surface area contributed by atoms with E-state index in [2.05, 4.69) is 6.92 Å². The fourth-order valence-corrected chi connectivity index (χ4v) is 2.57. The van der Waals surface area contributed by atoms with Gasteiger partial charge in [0.05, 0.1) is 19.8 Å². The summed E-state index contributed by atoms with van der Waals surface area (Å²) in [4.78, 5) is 20.2. The molecular formula is C22H46O15. The van der Waals surface area contributed by atoms with Gasteiger partial charge in [-0.05, 0) is 6.42 Å². The Balaban J connectivity index is -0.000000469. The third-order valence-electron chi connectivity index (χ3n) is 5.01. The highest BCUT2D eigenvalue weighted by Gasteiger charge is 2.34. The van der Waals surface area contributed by atoms with Crippen LogP contribution in [0.5, 0.6) is 0 Å². The maximum atomic E-state index is 10.1. The molecule has 37 heavy (non-hydrogen) atoms. The number of carboxylic acids is 2. The number of hydrogen-bond acceptors (Lipinski definition) is 13. The lowest BCUT2D eigenvalue weighted by Crippen LogP contribution is -2.48. The number of aliphatic hydroxyl groups excluding tert-OH is 11. The van der Waals surface area contributed by atoms with E-state index in [0.717, 1.165) is 12.8 Å². The van der Waals surface area contributed by atoms with E-state index in [-0.39, 0.29) is 0 Å². The van der Waals surface area contributed by atoms with Gasteiger partial charge in [-0.25, -0.2) is 4.79 Å². The topological polar surface area (TPSA) is 297 Å².